The van der Waals surface area contributed by atoms with Crippen LogP contribution in [0.1, 0.15) is 43.6 Å². The first-order chi connectivity index (χ1) is 15.9. The molecule has 0 unspecified atom stereocenters. The average molecular weight is 488 g/mol. The number of carbonyl (C=O) groups is 1. The fourth-order valence-electron chi connectivity index (χ4n) is 3.98. The molecule has 0 spiro atoms. The number of hydrogen-bond acceptors (Lipinski definition) is 5. The van der Waals surface area contributed by atoms with Crippen LogP contribution in [0.5, 0.6) is 0 Å². The molecule has 174 valence electrons. The number of aryl methyl sites for hydroxylation is 1. The Morgan fingerprint density at radius 3 is 2.58 bits per heavy atom. The molecule has 3 aromatic rings. The van der Waals surface area contributed by atoms with Gasteiger partial charge in [-0.3, -0.25) is 14.3 Å². The minimum Gasteiger partial charge on any atom is -0.324 e. The molecule has 2 aromatic carbocycles. The fourth-order valence-corrected chi connectivity index (χ4v) is 5.03. The van der Waals surface area contributed by atoms with Crippen LogP contribution in [0.25, 0.3) is 5.69 Å². The lowest BCUT2D eigenvalue weighted by Crippen LogP contribution is -2.33. The van der Waals surface area contributed by atoms with E-state index in [2.05, 4.69) is 27.3 Å². The summed E-state index contributed by atoms with van der Waals surface area (Å²) >= 11 is 7.53. The van der Waals surface area contributed by atoms with Crippen LogP contribution in [-0.4, -0.2) is 44.4 Å². The van der Waals surface area contributed by atoms with Gasteiger partial charge in [0.15, 0.2) is 11.0 Å². The number of likely N-dealkylation sites (tertiary alicyclic amines) is 1. The van der Waals surface area contributed by atoms with Crippen molar-refractivity contribution >= 4 is 35.0 Å². The molecule has 0 bridgehead atoms. The summed E-state index contributed by atoms with van der Waals surface area (Å²) in [7, 11) is 0. The number of rotatable bonds is 7. The number of aromatic nitrogens is 3. The number of amides is 1. The van der Waals surface area contributed by atoms with Gasteiger partial charge in [0.2, 0.25) is 5.91 Å². The monoisotopic (exact) mass is 487 g/mol. The van der Waals surface area contributed by atoms with E-state index in [1.54, 1.807) is 18.2 Å². The second kappa shape index (κ2) is 10.7. The zero-order chi connectivity index (χ0) is 23.4. The van der Waals surface area contributed by atoms with Crippen molar-refractivity contribution in [2.45, 2.75) is 44.3 Å². The molecule has 0 saturated carbocycles. The Bertz CT molecular complexity index is 1110. The minimum atomic E-state index is -0.305. The van der Waals surface area contributed by atoms with Crippen molar-refractivity contribution in [2.75, 3.05) is 24.2 Å². The second-order valence-electron chi connectivity index (χ2n) is 8.25. The van der Waals surface area contributed by atoms with Gasteiger partial charge in [-0.1, -0.05) is 35.9 Å². The highest BCUT2D eigenvalue weighted by atomic mass is 35.5. The molecular formula is C24H27ClFN5OS. The fraction of sp³-hybridized carbons (Fsp3) is 0.375. The van der Waals surface area contributed by atoms with Gasteiger partial charge in [-0.15, -0.1) is 10.2 Å². The third kappa shape index (κ3) is 5.75. The van der Waals surface area contributed by atoms with Crippen molar-refractivity contribution in [1.29, 1.82) is 0 Å². The van der Waals surface area contributed by atoms with Crippen LogP contribution in [0.2, 0.25) is 5.02 Å². The van der Waals surface area contributed by atoms with Crippen LogP contribution in [0.15, 0.2) is 47.6 Å². The van der Waals surface area contributed by atoms with Gasteiger partial charge < -0.3 is 5.32 Å². The van der Waals surface area contributed by atoms with Crippen LogP contribution < -0.4 is 5.32 Å². The molecule has 4 rings (SSSR count). The van der Waals surface area contributed by atoms with Crippen molar-refractivity contribution in [2.24, 2.45) is 0 Å². The van der Waals surface area contributed by atoms with Gasteiger partial charge in [0, 0.05) is 5.69 Å². The highest BCUT2D eigenvalue weighted by Gasteiger charge is 2.26. The Morgan fingerprint density at radius 1 is 1.15 bits per heavy atom. The lowest BCUT2D eigenvalue weighted by molar-refractivity contribution is -0.113. The molecule has 33 heavy (non-hydrogen) atoms. The normalized spacial score (nSPS) is 15.4. The zero-order valence-electron chi connectivity index (χ0n) is 18.7. The molecule has 9 heteroatoms. The number of halogens is 2. The predicted octanol–water partition coefficient (Wildman–Crippen LogP) is 5.65. The summed E-state index contributed by atoms with van der Waals surface area (Å²) in [5.41, 5.74) is 2.37. The summed E-state index contributed by atoms with van der Waals surface area (Å²) < 4.78 is 15.5. The highest BCUT2D eigenvalue weighted by molar-refractivity contribution is 7.99. The zero-order valence-corrected chi connectivity index (χ0v) is 20.3. The number of hydrogen-bond donors (Lipinski definition) is 1. The molecule has 1 amide bonds. The summed E-state index contributed by atoms with van der Waals surface area (Å²) in [6.07, 6.45) is 3.58. The smallest absolute Gasteiger partial charge is 0.234 e. The van der Waals surface area contributed by atoms with Gasteiger partial charge in [0.1, 0.15) is 5.82 Å². The van der Waals surface area contributed by atoms with E-state index in [1.165, 1.54) is 43.2 Å². The number of nitrogens with zero attached hydrogens (tertiary/aromatic N) is 4. The molecule has 1 aliphatic heterocycles. The summed E-state index contributed by atoms with van der Waals surface area (Å²) in [6.45, 7) is 6.09. The summed E-state index contributed by atoms with van der Waals surface area (Å²) in [5.74, 6) is 0.431. The van der Waals surface area contributed by atoms with Crippen molar-refractivity contribution < 1.29 is 9.18 Å². The van der Waals surface area contributed by atoms with Crippen LogP contribution >= 0.6 is 23.4 Å². The molecule has 0 radical (unpaired) electrons. The number of anilines is 1. The number of thioether (sulfide) groups is 1. The maximum Gasteiger partial charge on any atom is 0.234 e. The SMILES string of the molecule is Cc1ccc(NC(=O)CSc2nnc([C@@H](C)N3CCCCC3)n2-c2ccc(F)cc2)c(Cl)c1. The molecule has 1 N–H and O–H groups in total. The molecule has 1 aliphatic rings. The maximum absolute atomic E-state index is 13.6. The Labute approximate surface area is 202 Å². The van der Waals surface area contributed by atoms with E-state index in [0.29, 0.717) is 15.9 Å². The Hall–Kier alpha value is -2.42. The molecule has 0 aliphatic carbocycles. The first kappa shape index (κ1) is 23.7. The van der Waals surface area contributed by atoms with Crippen LogP contribution in [0.3, 0.4) is 0 Å². The number of carbonyl (C=O) groups excluding carboxylic acids is 1. The first-order valence-electron chi connectivity index (χ1n) is 11.1. The summed E-state index contributed by atoms with van der Waals surface area (Å²) in [4.78, 5) is 15.0. The van der Waals surface area contributed by atoms with Gasteiger partial charge >= 0.3 is 0 Å². The lowest BCUT2D eigenvalue weighted by Gasteiger charge is -2.31. The Balaban J connectivity index is 1.55. The van der Waals surface area contributed by atoms with Gasteiger partial charge in [0.25, 0.3) is 0 Å². The third-order valence-corrected chi connectivity index (χ3v) is 7.03. The standard InChI is InChI=1S/C24H27ClFN5OS/c1-16-6-11-21(20(25)14-16)27-22(32)15-33-24-29-28-23(17(2)30-12-4-3-5-13-30)31(24)19-9-7-18(26)8-10-19/h6-11,14,17H,3-5,12-13,15H2,1-2H3,(H,27,32)/t17-/m1/s1. The quantitative estimate of drug-likeness (QED) is 0.436. The molecule has 1 fully saturated rings. The van der Waals surface area contributed by atoms with Crippen molar-refractivity contribution in [3.8, 4) is 5.69 Å². The van der Waals surface area contributed by atoms with E-state index in [0.717, 1.165) is 30.2 Å². The van der Waals surface area contributed by atoms with Crippen LogP contribution in [0, 0.1) is 12.7 Å². The topological polar surface area (TPSA) is 63.1 Å². The predicted molar refractivity (Wildman–Crippen MR) is 131 cm³/mol. The van der Waals surface area contributed by atoms with E-state index in [1.807, 2.05) is 23.6 Å². The van der Waals surface area contributed by atoms with E-state index >= 15 is 0 Å². The van der Waals surface area contributed by atoms with Crippen molar-refractivity contribution in [3.63, 3.8) is 0 Å². The molecular weight excluding hydrogens is 461 g/mol. The molecule has 1 saturated heterocycles. The molecule has 6 nitrogen and oxygen atoms in total. The van der Waals surface area contributed by atoms with Gasteiger partial charge in [-0.25, -0.2) is 4.39 Å². The second-order valence-corrected chi connectivity index (χ2v) is 9.60. The molecule has 2 heterocycles. The highest BCUT2D eigenvalue weighted by Crippen LogP contribution is 2.30. The van der Waals surface area contributed by atoms with Crippen LogP contribution in [-0.2, 0) is 4.79 Å². The number of benzene rings is 2. The van der Waals surface area contributed by atoms with Crippen molar-refractivity contribution in [3.05, 3.63) is 64.7 Å². The average Bonchev–Trinajstić information content (AvgIpc) is 3.24. The van der Waals surface area contributed by atoms with E-state index in [-0.39, 0.29) is 23.5 Å². The summed E-state index contributed by atoms with van der Waals surface area (Å²) in [6, 6.07) is 11.8. The Kier molecular flexibility index (Phi) is 7.67. The van der Waals surface area contributed by atoms with E-state index in [9.17, 15) is 9.18 Å². The van der Waals surface area contributed by atoms with Gasteiger partial charge in [-0.05, 0) is 81.7 Å². The first-order valence-corrected chi connectivity index (χ1v) is 12.4. The number of nitrogens with one attached hydrogen (secondary N) is 1. The van der Waals surface area contributed by atoms with E-state index < -0.39 is 0 Å². The Morgan fingerprint density at radius 2 is 1.88 bits per heavy atom. The molecule has 1 atom stereocenters. The summed E-state index contributed by atoms with van der Waals surface area (Å²) in [5, 5.41) is 12.8. The van der Waals surface area contributed by atoms with E-state index in [4.69, 9.17) is 11.6 Å². The van der Waals surface area contributed by atoms with Gasteiger partial charge in [0.05, 0.1) is 22.5 Å². The maximum atomic E-state index is 13.6. The third-order valence-electron chi connectivity index (χ3n) is 5.79. The largest absolute Gasteiger partial charge is 0.324 e. The van der Waals surface area contributed by atoms with Crippen molar-refractivity contribution in [1.82, 2.24) is 19.7 Å². The lowest BCUT2D eigenvalue weighted by atomic mass is 10.1. The minimum absolute atomic E-state index is 0.0531. The van der Waals surface area contributed by atoms with Crippen LogP contribution in [0.4, 0.5) is 10.1 Å². The number of piperidine rings is 1. The molecule has 1 aromatic heterocycles. The van der Waals surface area contributed by atoms with Gasteiger partial charge in [-0.2, -0.15) is 0 Å².